The van der Waals surface area contributed by atoms with E-state index in [2.05, 4.69) is 25.2 Å². The minimum atomic E-state index is -3.26. The van der Waals surface area contributed by atoms with Gasteiger partial charge in [-0.25, -0.2) is 18.1 Å². The largest absolute Gasteiger partial charge is 0.374 e. The molecule has 0 atom stereocenters. The summed E-state index contributed by atoms with van der Waals surface area (Å²) in [6.45, 7) is 7.41. The van der Waals surface area contributed by atoms with Crippen LogP contribution in [0.2, 0.25) is 0 Å². The van der Waals surface area contributed by atoms with Crippen molar-refractivity contribution in [3.05, 3.63) is 17.1 Å². The molecule has 10 nitrogen and oxygen atoms in total. The number of sulfonamides is 1. The topological polar surface area (TPSA) is 116 Å². The van der Waals surface area contributed by atoms with Gasteiger partial charge in [0.15, 0.2) is 0 Å². The van der Waals surface area contributed by atoms with E-state index in [1.807, 2.05) is 25.3 Å². The Labute approximate surface area is 145 Å². The molecule has 136 valence electrons. The fourth-order valence-corrected chi connectivity index (χ4v) is 3.28. The average Bonchev–Trinajstić information content (AvgIpc) is 3.14. The van der Waals surface area contributed by atoms with Crippen LogP contribution in [0, 0.1) is 13.8 Å². The molecule has 3 aromatic heterocycles. The molecule has 0 aliphatic carbocycles. The smallest absolute Gasteiger partial charge is 0.208 e. The highest BCUT2D eigenvalue weighted by atomic mass is 32.2. The maximum Gasteiger partial charge on any atom is 0.208 e. The van der Waals surface area contributed by atoms with Crippen LogP contribution in [-0.4, -0.2) is 57.4 Å². The van der Waals surface area contributed by atoms with Gasteiger partial charge in [-0.15, -0.1) is 5.10 Å². The normalized spacial score (nSPS) is 12.5. The zero-order chi connectivity index (χ0) is 18.2. The highest BCUT2D eigenvalue weighted by Crippen LogP contribution is 2.26. The van der Waals surface area contributed by atoms with E-state index in [1.165, 1.54) is 0 Å². The van der Waals surface area contributed by atoms with E-state index >= 15 is 0 Å². The first-order valence-corrected chi connectivity index (χ1v) is 9.81. The third kappa shape index (κ3) is 3.34. The second kappa shape index (κ2) is 6.65. The van der Waals surface area contributed by atoms with Crippen molar-refractivity contribution in [2.24, 2.45) is 0 Å². The van der Waals surface area contributed by atoms with Gasteiger partial charge < -0.3 is 9.30 Å². The number of aryl methyl sites for hydroxylation is 2. The van der Waals surface area contributed by atoms with E-state index in [1.54, 1.807) is 4.52 Å². The van der Waals surface area contributed by atoms with Gasteiger partial charge in [0.25, 0.3) is 0 Å². The molecule has 0 spiro atoms. The monoisotopic (exact) mass is 367 g/mol. The summed E-state index contributed by atoms with van der Waals surface area (Å²) in [7, 11) is -3.26. The van der Waals surface area contributed by atoms with Crippen LogP contribution >= 0.6 is 0 Å². The van der Waals surface area contributed by atoms with Crippen LogP contribution < -0.4 is 4.72 Å². The Balaban J connectivity index is 2.14. The molecule has 0 amide bonds. The van der Waals surface area contributed by atoms with Gasteiger partial charge in [-0.05, 0) is 36.8 Å². The molecule has 11 heteroatoms. The van der Waals surface area contributed by atoms with Crippen LogP contribution in [0.15, 0.2) is 0 Å². The number of pyridine rings is 1. The highest BCUT2D eigenvalue weighted by molar-refractivity contribution is 7.88. The zero-order valence-corrected chi connectivity index (χ0v) is 15.5. The number of rotatable bonds is 7. The molecule has 0 aromatic carbocycles. The van der Waals surface area contributed by atoms with E-state index in [-0.39, 0.29) is 6.54 Å². The van der Waals surface area contributed by atoms with Crippen molar-refractivity contribution in [3.63, 3.8) is 0 Å². The first-order valence-electron chi connectivity index (χ1n) is 7.92. The van der Waals surface area contributed by atoms with Crippen LogP contribution in [0.3, 0.4) is 0 Å². The fraction of sp³-hybridized carbons (Fsp3) is 0.571. The summed E-state index contributed by atoms with van der Waals surface area (Å²) >= 11 is 0. The van der Waals surface area contributed by atoms with Crippen molar-refractivity contribution in [1.29, 1.82) is 0 Å². The van der Waals surface area contributed by atoms with Gasteiger partial charge in [-0.1, -0.05) is 0 Å². The lowest BCUT2D eigenvalue weighted by atomic mass is 10.2. The number of nitrogens with one attached hydrogen (secondary N) is 1. The number of imidazole rings is 1. The number of ether oxygens (including phenoxy) is 1. The Kier molecular flexibility index (Phi) is 4.71. The lowest BCUT2D eigenvalue weighted by molar-refractivity contribution is 0.126. The summed E-state index contributed by atoms with van der Waals surface area (Å²) in [6.07, 6.45) is 1.14. The lowest BCUT2D eigenvalue weighted by Gasteiger charge is -2.12. The minimum absolute atomic E-state index is 0.262. The summed E-state index contributed by atoms with van der Waals surface area (Å²) in [5.41, 5.74) is 4.05. The zero-order valence-electron chi connectivity index (χ0n) is 14.6. The summed E-state index contributed by atoms with van der Waals surface area (Å²) in [4.78, 5) is 4.66. The van der Waals surface area contributed by atoms with E-state index < -0.39 is 10.0 Å². The summed E-state index contributed by atoms with van der Waals surface area (Å²) in [5, 5.41) is 11.8. The number of tetrazole rings is 1. The lowest BCUT2D eigenvalue weighted by Crippen LogP contribution is -2.26. The quantitative estimate of drug-likeness (QED) is 0.633. The number of hydrogen-bond acceptors (Lipinski definition) is 7. The molecule has 0 saturated carbocycles. The molecule has 0 saturated heterocycles. The molecule has 0 unspecified atom stereocenters. The van der Waals surface area contributed by atoms with E-state index in [4.69, 9.17) is 4.74 Å². The molecular formula is C14H21N7O3S. The number of nitrogens with zero attached hydrogens (tertiary/aromatic N) is 6. The molecule has 0 aliphatic rings. The minimum Gasteiger partial charge on any atom is -0.374 e. The molecule has 3 rings (SSSR count). The van der Waals surface area contributed by atoms with Crippen molar-refractivity contribution < 1.29 is 13.2 Å². The highest BCUT2D eigenvalue weighted by Gasteiger charge is 2.20. The van der Waals surface area contributed by atoms with Crippen molar-refractivity contribution in [1.82, 2.24) is 34.3 Å². The van der Waals surface area contributed by atoms with Gasteiger partial charge in [0.05, 0.1) is 11.8 Å². The Hall–Kier alpha value is -2.11. The molecule has 0 fully saturated rings. The molecule has 3 aromatic rings. The SMILES string of the molecule is CCOCc1nc2c(c(C)c(C)n3nnnc23)n1CCNS(C)(=O)=O. The van der Waals surface area contributed by atoms with Gasteiger partial charge in [0.2, 0.25) is 15.7 Å². The van der Waals surface area contributed by atoms with Gasteiger partial charge >= 0.3 is 0 Å². The van der Waals surface area contributed by atoms with Crippen LogP contribution in [0.4, 0.5) is 0 Å². The molecule has 1 N–H and O–H groups in total. The first-order chi connectivity index (χ1) is 11.8. The first kappa shape index (κ1) is 17.7. The summed E-state index contributed by atoms with van der Waals surface area (Å²) in [5.74, 6) is 0.714. The number of hydrogen-bond donors (Lipinski definition) is 1. The Morgan fingerprint density at radius 3 is 2.72 bits per heavy atom. The summed E-state index contributed by atoms with van der Waals surface area (Å²) in [6, 6.07) is 0. The predicted molar refractivity (Wildman–Crippen MR) is 91.7 cm³/mol. The van der Waals surface area contributed by atoms with E-state index in [0.717, 1.165) is 23.0 Å². The van der Waals surface area contributed by atoms with Crippen molar-refractivity contribution >= 4 is 26.7 Å². The van der Waals surface area contributed by atoms with Crippen LogP contribution in [-0.2, 0) is 27.9 Å². The summed E-state index contributed by atoms with van der Waals surface area (Å²) < 4.78 is 34.4. The van der Waals surface area contributed by atoms with Crippen molar-refractivity contribution in [2.45, 2.75) is 33.9 Å². The second-order valence-corrected chi connectivity index (χ2v) is 7.64. The average molecular weight is 367 g/mol. The van der Waals surface area contributed by atoms with Crippen LogP contribution in [0.1, 0.15) is 24.0 Å². The Morgan fingerprint density at radius 2 is 2.04 bits per heavy atom. The maximum absolute atomic E-state index is 11.4. The molecule has 0 radical (unpaired) electrons. The second-order valence-electron chi connectivity index (χ2n) is 5.81. The van der Waals surface area contributed by atoms with E-state index in [9.17, 15) is 8.42 Å². The van der Waals surface area contributed by atoms with Gasteiger partial charge in [0, 0.05) is 25.4 Å². The third-order valence-corrected chi connectivity index (χ3v) is 4.81. The third-order valence-electron chi connectivity index (χ3n) is 4.08. The molecule has 0 bridgehead atoms. The standard InChI is InChI=1S/C14H21N7O3S/c1-5-24-8-11-16-12-13(20(11)7-6-15-25(4,22)23)9(2)10(3)21-14(12)17-18-19-21/h15H,5-8H2,1-4H3. The van der Waals surface area contributed by atoms with Crippen LogP contribution in [0.25, 0.3) is 16.7 Å². The van der Waals surface area contributed by atoms with Gasteiger partial charge in [0.1, 0.15) is 17.9 Å². The van der Waals surface area contributed by atoms with Crippen LogP contribution in [0.5, 0.6) is 0 Å². The van der Waals surface area contributed by atoms with E-state index in [0.29, 0.717) is 36.7 Å². The Bertz CT molecular complexity index is 1020. The molecule has 25 heavy (non-hydrogen) atoms. The molecular weight excluding hydrogens is 346 g/mol. The van der Waals surface area contributed by atoms with Gasteiger partial charge in [-0.2, -0.15) is 4.52 Å². The van der Waals surface area contributed by atoms with Gasteiger partial charge in [-0.3, -0.25) is 0 Å². The number of aromatic nitrogens is 6. The number of fused-ring (bicyclic) bond motifs is 3. The maximum atomic E-state index is 11.4. The fourth-order valence-electron chi connectivity index (χ4n) is 2.81. The predicted octanol–water partition coefficient (Wildman–Crippen LogP) is 0.177. The molecule has 3 heterocycles. The molecule has 0 aliphatic heterocycles. The van der Waals surface area contributed by atoms with Crippen molar-refractivity contribution in [2.75, 3.05) is 19.4 Å². The Morgan fingerprint density at radius 1 is 1.28 bits per heavy atom. The van der Waals surface area contributed by atoms with Crippen molar-refractivity contribution in [3.8, 4) is 0 Å².